The van der Waals surface area contributed by atoms with Crippen LogP contribution in [0.2, 0.25) is 0 Å². The number of nitriles is 1. The molecule has 7 heteroatoms. The molecule has 1 aromatic rings. The van der Waals surface area contributed by atoms with E-state index in [0.29, 0.717) is 37.4 Å². The Hall–Kier alpha value is -1.91. The Morgan fingerprint density at radius 1 is 1.29 bits per heavy atom. The molecule has 0 atom stereocenters. The van der Waals surface area contributed by atoms with Crippen molar-refractivity contribution in [1.82, 2.24) is 4.31 Å². The first-order valence-electron chi connectivity index (χ1n) is 8.09. The van der Waals surface area contributed by atoms with Crippen LogP contribution in [0.25, 0.3) is 0 Å². The van der Waals surface area contributed by atoms with E-state index in [1.807, 2.05) is 6.07 Å². The van der Waals surface area contributed by atoms with Crippen molar-refractivity contribution in [3.63, 3.8) is 0 Å². The molecule has 0 unspecified atom stereocenters. The molecule has 0 saturated carbocycles. The Morgan fingerprint density at radius 2 is 1.92 bits per heavy atom. The van der Waals surface area contributed by atoms with Gasteiger partial charge in [0.15, 0.2) is 0 Å². The van der Waals surface area contributed by atoms with Crippen LogP contribution in [0.4, 0.5) is 0 Å². The SMILES string of the molecule is CC1CCN(S(=O)(=O)c2ccc(C(=O)OCCCC#N)cc2)CC1. The number of hydrogen-bond donors (Lipinski definition) is 0. The molecule has 0 aliphatic carbocycles. The van der Waals surface area contributed by atoms with E-state index >= 15 is 0 Å². The van der Waals surface area contributed by atoms with Crippen LogP contribution < -0.4 is 0 Å². The molecular formula is C17H22N2O4S. The van der Waals surface area contributed by atoms with Crippen LogP contribution in [0, 0.1) is 17.2 Å². The number of ether oxygens (including phenoxy) is 1. The summed E-state index contributed by atoms with van der Waals surface area (Å²) in [5.74, 6) is 0.0401. The number of hydrogen-bond acceptors (Lipinski definition) is 5. The summed E-state index contributed by atoms with van der Waals surface area (Å²) in [4.78, 5) is 12.0. The van der Waals surface area contributed by atoms with Gasteiger partial charge in [0.05, 0.1) is 23.1 Å². The summed E-state index contributed by atoms with van der Waals surface area (Å²) in [7, 11) is -3.51. The number of unbranched alkanes of at least 4 members (excludes halogenated alkanes) is 1. The largest absolute Gasteiger partial charge is 0.462 e. The minimum absolute atomic E-state index is 0.179. The molecule has 0 aromatic heterocycles. The third-order valence-corrected chi connectivity index (χ3v) is 6.05. The van der Waals surface area contributed by atoms with Crippen molar-refractivity contribution < 1.29 is 17.9 Å². The monoisotopic (exact) mass is 350 g/mol. The molecule has 24 heavy (non-hydrogen) atoms. The van der Waals surface area contributed by atoms with Gasteiger partial charge >= 0.3 is 5.97 Å². The molecule has 1 heterocycles. The molecule has 1 aliphatic rings. The van der Waals surface area contributed by atoms with Gasteiger partial charge in [-0.3, -0.25) is 0 Å². The lowest BCUT2D eigenvalue weighted by Gasteiger charge is -2.29. The lowest BCUT2D eigenvalue weighted by molar-refractivity contribution is 0.0501. The maximum absolute atomic E-state index is 12.6. The van der Waals surface area contributed by atoms with Crippen LogP contribution in [0.1, 0.15) is 43.0 Å². The van der Waals surface area contributed by atoms with Gasteiger partial charge in [0, 0.05) is 19.5 Å². The van der Waals surface area contributed by atoms with E-state index < -0.39 is 16.0 Å². The second-order valence-corrected chi connectivity index (χ2v) is 7.95. The zero-order chi connectivity index (χ0) is 17.6. The lowest BCUT2D eigenvalue weighted by atomic mass is 10.0. The highest BCUT2D eigenvalue weighted by molar-refractivity contribution is 7.89. The molecule has 1 aromatic carbocycles. The zero-order valence-corrected chi connectivity index (χ0v) is 14.6. The van der Waals surface area contributed by atoms with Crippen molar-refractivity contribution >= 4 is 16.0 Å². The number of benzene rings is 1. The number of esters is 1. The van der Waals surface area contributed by atoms with Gasteiger partial charge in [0.25, 0.3) is 0 Å². The lowest BCUT2D eigenvalue weighted by Crippen LogP contribution is -2.37. The topological polar surface area (TPSA) is 87.5 Å². The van der Waals surface area contributed by atoms with Crippen LogP contribution in [0.5, 0.6) is 0 Å². The number of sulfonamides is 1. The van der Waals surface area contributed by atoms with Gasteiger partial charge in [-0.2, -0.15) is 9.57 Å². The van der Waals surface area contributed by atoms with E-state index in [9.17, 15) is 13.2 Å². The van der Waals surface area contributed by atoms with Crippen LogP contribution in [0.3, 0.4) is 0 Å². The van der Waals surface area contributed by atoms with E-state index in [-0.39, 0.29) is 11.5 Å². The standard InChI is InChI=1S/C17H22N2O4S/c1-14-8-11-19(12-9-14)24(21,22)16-6-4-15(5-7-16)17(20)23-13-3-2-10-18/h4-7,14H,2-3,8-9,11-13H2,1H3. The van der Waals surface area contributed by atoms with Gasteiger partial charge in [-0.25, -0.2) is 13.2 Å². The molecule has 0 bridgehead atoms. The number of carbonyl (C=O) groups excluding carboxylic acids is 1. The first kappa shape index (κ1) is 18.4. The average Bonchev–Trinajstić information content (AvgIpc) is 2.59. The van der Waals surface area contributed by atoms with Crippen molar-refractivity contribution in [2.24, 2.45) is 5.92 Å². The molecule has 0 radical (unpaired) electrons. The normalized spacial score (nSPS) is 16.5. The second-order valence-electron chi connectivity index (χ2n) is 6.01. The second kappa shape index (κ2) is 8.27. The highest BCUT2D eigenvalue weighted by Gasteiger charge is 2.28. The summed E-state index contributed by atoms with van der Waals surface area (Å²) < 4.78 is 31.7. The quantitative estimate of drug-likeness (QED) is 0.581. The molecule has 0 N–H and O–H groups in total. The summed E-state index contributed by atoms with van der Waals surface area (Å²) in [6, 6.07) is 7.79. The fourth-order valence-corrected chi connectivity index (χ4v) is 4.01. The van der Waals surface area contributed by atoms with E-state index in [4.69, 9.17) is 10.00 Å². The van der Waals surface area contributed by atoms with Crippen LogP contribution >= 0.6 is 0 Å². The van der Waals surface area contributed by atoms with Gasteiger partial charge in [0.2, 0.25) is 10.0 Å². The third kappa shape index (κ3) is 4.56. The number of rotatable bonds is 6. The molecule has 0 amide bonds. The van der Waals surface area contributed by atoms with E-state index in [1.54, 1.807) is 0 Å². The van der Waals surface area contributed by atoms with Gasteiger partial charge < -0.3 is 4.74 Å². The molecule has 1 saturated heterocycles. The minimum atomic E-state index is -3.51. The van der Waals surface area contributed by atoms with Crippen LogP contribution in [-0.4, -0.2) is 38.4 Å². The first-order chi connectivity index (χ1) is 11.4. The number of nitrogens with zero attached hydrogens (tertiary/aromatic N) is 2. The summed E-state index contributed by atoms with van der Waals surface area (Å²) in [6.45, 7) is 3.37. The number of carbonyl (C=O) groups is 1. The minimum Gasteiger partial charge on any atom is -0.462 e. The fraction of sp³-hybridized carbons (Fsp3) is 0.529. The Labute approximate surface area is 143 Å². The molecule has 130 valence electrons. The Balaban J connectivity index is 2.00. The smallest absolute Gasteiger partial charge is 0.338 e. The van der Waals surface area contributed by atoms with Gasteiger partial charge in [-0.15, -0.1) is 0 Å². The Kier molecular flexibility index (Phi) is 6.35. The highest BCUT2D eigenvalue weighted by atomic mass is 32.2. The first-order valence-corrected chi connectivity index (χ1v) is 9.53. The Bertz CT molecular complexity index is 699. The third-order valence-electron chi connectivity index (χ3n) is 4.14. The summed E-state index contributed by atoms with van der Waals surface area (Å²) in [5, 5.41) is 8.43. The molecule has 2 rings (SSSR count). The Morgan fingerprint density at radius 3 is 2.50 bits per heavy atom. The summed E-state index contributed by atoms with van der Waals surface area (Å²) in [5.41, 5.74) is 0.304. The van der Waals surface area contributed by atoms with E-state index in [0.717, 1.165) is 12.8 Å². The average molecular weight is 350 g/mol. The maximum atomic E-state index is 12.6. The van der Waals surface area contributed by atoms with Crippen molar-refractivity contribution in [2.45, 2.75) is 37.5 Å². The summed E-state index contributed by atoms with van der Waals surface area (Å²) in [6.07, 6.45) is 2.56. The van der Waals surface area contributed by atoms with Crippen LogP contribution in [-0.2, 0) is 14.8 Å². The van der Waals surface area contributed by atoms with E-state index in [2.05, 4.69) is 6.92 Å². The molecule has 6 nitrogen and oxygen atoms in total. The summed E-state index contributed by atoms with van der Waals surface area (Å²) >= 11 is 0. The number of piperidine rings is 1. The van der Waals surface area contributed by atoms with Crippen molar-refractivity contribution in [3.05, 3.63) is 29.8 Å². The van der Waals surface area contributed by atoms with Gasteiger partial charge in [-0.05, 0) is 49.4 Å². The van der Waals surface area contributed by atoms with Crippen molar-refractivity contribution in [3.8, 4) is 6.07 Å². The van der Waals surface area contributed by atoms with Crippen LogP contribution in [0.15, 0.2) is 29.2 Å². The van der Waals surface area contributed by atoms with Crippen molar-refractivity contribution in [2.75, 3.05) is 19.7 Å². The molecule has 1 aliphatic heterocycles. The van der Waals surface area contributed by atoms with Gasteiger partial charge in [0.1, 0.15) is 0 Å². The van der Waals surface area contributed by atoms with Crippen molar-refractivity contribution in [1.29, 1.82) is 5.26 Å². The predicted molar refractivity (Wildman–Crippen MR) is 88.7 cm³/mol. The predicted octanol–water partition coefficient (Wildman–Crippen LogP) is 2.57. The fourth-order valence-electron chi connectivity index (χ4n) is 2.54. The highest BCUT2D eigenvalue weighted by Crippen LogP contribution is 2.23. The maximum Gasteiger partial charge on any atom is 0.338 e. The molecule has 1 fully saturated rings. The van der Waals surface area contributed by atoms with E-state index in [1.165, 1.54) is 28.6 Å². The molecule has 0 spiro atoms. The molecular weight excluding hydrogens is 328 g/mol. The zero-order valence-electron chi connectivity index (χ0n) is 13.8. The van der Waals surface area contributed by atoms with Gasteiger partial charge in [-0.1, -0.05) is 6.92 Å².